The van der Waals surface area contributed by atoms with E-state index in [4.69, 9.17) is 10.5 Å². The third-order valence-electron chi connectivity index (χ3n) is 4.09. The zero-order valence-corrected chi connectivity index (χ0v) is 10.5. The van der Waals surface area contributed by atoms with E-state index in [1.165, 1.54) is 19.3 Å². The van der Waals surface area contributed by atoms with Gasteiger partial charge in [-0.3, -0.25) is 4.79 Å². The van der Waals surface area contributed by atoms with E-state index in [2.05, 4.69) is 5.32 Å². The van der Waals surface area contributed by atoms with Crippen LogP contribution in [0.3, 0.4) is 0 Å². The van der Waals surface area contributed by atoms with Crippen LogP contribution in [-0.4, -0.2) is 32.2 Å². The van der Waals surface area contributed by atoms with Crippen LogP contribution in [0.1, 0.15) is 38.5 Å². The number of hydrogen-bond donors (Lipinski definition) is 2. The molecule has 0 unspecified atom stereocenters. The SMILES string of the molecule is NCC1(C(=O)NCCCC2CC2)CCOCC1. The minimum Gasteiger partial charge on any atom is -0.381 e. The molecule has 1 heterocycles. The third kappa shape index (κ3) is 3.42. The molecule has 2 aliphatic rings. The van der Waals surface area contributed by atoms with Gasteiger partial charge in [-0.05, 0) is 31.6 Å². The smallest absolute Gasteiger partial charge is 0.227 e. The second kappa shape index (κ2) is 5.83. The Morgan fingerprint density at radius 2 is 2.06 bits per heavy atom. The number of carbonyl (C=O) groups is 1. The molecule has 1 amide bonds. The van der Waals surface area contributed by atoms with Gasteiger partial charge in [-0.2, -0.15) is 0 Å². The number of nitrogens with two attached hydrogens (primary N) is 1. The van der Waals surface area contributed by atoms with Gasteiger partial charge >= 0.3 is 0 Å². The van der Waals surface area contributed by atoms with Crippen molar-refractivity contribution in [2.45, 2.75) is 38.5 Å². The van der Waals surface area contributed by atoms with Gasteiger partial charge in [0.2, 0.25) is 5.91 Å². The van der Waals surface area contributed by atoms with Gasteiger partial charge in [-0.25, -0.2) is 0 Å². The summed E-state index contributed by atoms with van der Waals surface area (Å²) < 4.78 is 5.31. The molecule has 4 nitrogen and oxygen atoms in total. The Balaban J connectivity index is 1.71. The minimum atomic E-state index is -0.363. The summed E-state index contributed by atoms with van der Waals surface area (Å²) in [5.74, 6) is 1.08. The fourth-order valence-electron chi connectivity index (χ4n) is 2.47. The summed E-state index contributed by atoms with van der Waals surface area (Å²) >= 11 is 0. The fourth-order valence-corrected chi connectivity index (χ4v) is 2.47. The van der Waals surface area contributed by atoms with Gasteiger partial charge in [0.05, 0.1) is 5.41 Å². The van der Waals surface area contributed by atoms with Crippen molar-refractivity contribution in [1.82, 2.24) is 5.32 Å². The van der Waals surface area contributed by atoms with E-state index >= 15 is 0 Å². The Hall–Kier alpha value is -0.610. The van der Waals surface area contributed by atoms with Crippen LogP contribution in [0.4, 0.5) is 0 Å². The monoisotopic (exact) mass is 240 g/mol. The molecule has 3 N–H and O–H groups in total. The second-order valence-corrected chi connectivity index (χ2v) is 5.44. The highest BCUT2D eigenvalue weighted by Gasteiger charge is 2.38. The molecule has 0 aromatic rings. The number of amides is 1. The van der Waals surface area contributed by atoms with E-state index in [9.17, 15) is 4.79 Å². The first kappa shape index (κ1) is 12.8. The van der Waals surface area contributed by atoms with Gasteiger partial charge in [0.1, 0.15) is 0 Å². The lowest BCUT2D eigenvalue weighted by molar-refractivity contribution is -0.135. The maximum atomic E-state index is 12.2. The van der Waals surface area contributed by atoms with Gasteiger partial charge in [-0.15, -0.1) is 0 Å². The molecule has 4 heteroatoms. The molecular weight excluding hydrogens is 216 g/mol. The summed E-state index contributed by atoms with van der Waals surface area (Å²) in [5.41, 5.74) is 5.42. The van der Waals surface area contributed by atoms with Crippen molar-refractivity contribution in [3.8, 4) is 0 Å². The molecule has 0 aromatic heterocycles. The highest BCUT2D eigenvalue weighted by atomic mass is 16.5. The zero-order chi connectivity index (χ0) is 12.1. The molecule has 1 aliphatic carbocycles. The van der Waals surface area contributed by atoms with Crippen molar-refractivity contribution < 1.29 is 9.53 Å². The number of hydrogen-bond acceptors (Lipinski definition) is 3. The molecule has 2 fully saturated rings. The molecule has 0 aromatic carbocycles. The molecule has 0 radical (unpaired) electrons. The molecule has 1 aliphatic heterocycles. The van der Waals surface area contributed by atoms with E-state index in [1.807, 2.05) is 0 Å². The molecule has 17 heavy (non-hydrogen) atoms. The average molecular weight is 240 g/mol. The molecule has 2 rings (SSSR count). The van der Waals surface area contributed by atoms with E-state index < -0.39 is 0 Å². The zero-order valence-electron chi connectivity index (χ0n) is 10.5. The normalized spacial score (nSPS) is 23.4. The maximum Gasteiger partial charge on any atom is 0.227 e. The number of ether oxygens (including phenoxy) is 1. The average Bonchev–Trinajstić information content (AvgIpc) is 3.19. The summed E-state index contributed by atoms with van der Waals surface area (Å²) in [5, 5.41) is 3.05. The van der Waals surface area contributed by atoms with Crippen LogP contribution < -0.4 is 11.1 Å². The number of rotatable bonds is 6. The summed E-state index contributed by atoms with van der Waals surface area (Å²) in [7, 11) is 0. The van der Waals surface area contributed by atoms with Crippen molar-refractivity contribution in [3.05, 3.63) is 0 Å². The number of nitrogens with one attached hydrogen (secondary N) is 1. The van der Waals surface area contributed by atoms with Crippen LogP contribution in [0.2, 0.25) is 0 Å². The second-order valence-electron chi connectivity index (χ2n) is 5.44. The molecule has 0 spiro atoms. The first-order chi connectivity index (χ1) is 8.27. The lowest BCUT2D eigenvalue weighted by atomic mass is 9.79. The lowest BCUT2D eigenvalue weighted by Gasteiger charge is -2.34. The van der Waals surface area contributed by atoms with Crippen LogP contribution in [0, 0.1) is 11.3 Å². The Bertz CT molecular complexity index is 258. The first-order valence-electron chi connectivity index (χ1n) is 6.83. The van der Waals surface area contributed by atoms with Gasteiger partial charge in [0.25, 0.3) is 0 Å². The number of carbonyl (C=O) groups excluding carboxylic acids is 1. The molecule has 1 saturated heterocycles. The van der Waals surface area contributed by atoms with Crippen LogP contribution in [0.5, 0.6) is 0 Å². The predicted octanol–water partition coefficient (Wildman–Crippen LogP) is 1.05. The van der Waals surface area contributed by atoms with E-state index in [1.54, 1.807) is 0 Å². The van der Waals surface area contributed by atoms with E-state index in [0.29, 0.717) is 19.8 Å². The van der Waals surface area contributed by atoms with Crippen molar-refractivity contribution >= 4 is 5.91 Å². The summed E-state index contributed by atoms with van der Waals surface area (Å²) in [6, 6.07) is 0. The largest absolute Gasteiger partial charge is 0.381 e. The van der Waals surface area contributed by atoms with Crippen molar-refractivity contribution in [1.29, 1.82) is 0 Å². The van der Waals surface area contributed by atoms with Gasteiger partial charge in [0, 0.05) is 26.3 Å². The Kier molecular flexibility index (Phi) is 4.40. The molecular formula is C13H24N2O2. The van der Waals surface area contributed by atoms with Crippen LogP contribution in [-0.2, 0) is 9.53 Å². The quantitative estimate of drug-likeness (QED) is 0.682. The van der Waals surface area contributed by atoms with Gasteiger partial charge < -0.3 is 15.8 Å². The maximum absolute atomic E-state index is 12.2. The highest BCUT2D eigenvalue weighted by molar-refractivity contribution is 5.83. The molecule has 1 saturated carbocycles. The highest BCUT2D eigenvalue weighted by Crippen LogP contribution is 2.33. The standard InChI is InChI=1S/C13H24N2O2/c14-10-13(5-8-17-9-6-13)12(16)15-7-1-2-11-3-4-11/h11H,1-10,14H2,(H,15,16). The van der Waals surface area contributed by atoms with Gasteiger partial charge in [0.15, 0.2) is 0 Å². The Morgan fingerprint density at radius 1 is 1.35 bits per heavy atom. The molecule has 0 atom stereocenters. The lowest BCUT2D eigenvalue weighted by Crippen LogP contribution is -2.49. The van der Waals surface area contributed by atoms with Crippen LogP contribution >= 0.6 is 0 Å². The Morgan fingerprint density at radius 3 is 2.65 bits per heavy atom. The van der Waals surface area contributed by atoms with Crippen molar-refractivity contribution in [3.63, 3.8) is 0 Å². The molecule has 98 valence electrons. The van der Waals surface area contributed by atoms with E-state index in [0.717, 1.165) is 31.7 Å². The fraction of sp³-hybridized carbons (Fsp3) is 0.923. The minimum absolute atomic E-state index is 0.138. The molecule has 0 bridgehead atoms. The summed E-state index contributed by atoms with van der Waals surface area (Å²) in [6.07, 6.45) is 6.67. The Labute approximate surface area is 103 Å². The predicted molar refractivity (Wildman–Crippen MR) is 66.5 cm³/mol. The van der Waals surface area contributed by atoms with Crippen LogP contribution in [0.15, 0.2) is 0 Å². The summed E-state index contributed by atoms with van der Waals surface area (Å²) in [6.45, 7) is 2.56. The van der Waals surface area contributed by atoms with Crippen molar-refractivity contribution in [2.75, 3.05) is 26.3 Å². The third-order valence-corrected chi connectivity index (χ3v) is 4.09. The van der Waals surface area contributed by atoms with E-state index in [-0.39, 0.29) is 11.3 Å². The topological polar surface area (TPSA) is 64.4 Å². The summed E-state index contributed by atoms with van der Waals surface area (Å²) in [4.78, 5) is 12.2. The van der Waals surface area contributed by atoms with Crippen LogP contribution in [0.25, 0.3) is 0 Å². The first-order valence-corrected chi connectivity index (χ1v) is 6.83. The van der Waals surface area contributed by atoms with Crippen molar-refractivity contribution in [2.24, 2.45) is 17.1 Å². The van der Waals surface area contributed by atoms with Gasteiger partial charge in [-0.1, -0.05) is 12.8 Å².